The van der Waals surface area contributed by atoms with Crippen molar-refractivity contribution >= 4 is 28.3 Å². The topological polar surface area (TPSA) is 84.2 Å². The van der Waals surface area contributed by atoms with E-state index in [1.807, 2.05) is 12.1 Å². The maximum Gasteiger partial charge on any atom is 0.260 e. The summed E-state index contributed by atoms with van der Waals surface area (Å²) in [6, 6.07) is 9.92. The lowest BCUT2D eigenvalue weighted by Gasteiger charge is -2.36. The first kappa shape index (κ1) is 19.4. The van der Waals surface area contributed by atoms with E-state index in [0.717, 1.165) is 19.3 Å². The van der Waals surface area contributed by atoms with Crippen LogP contribution >= 0.6 is 11.3 Å². The van der Waals surface area contributed by atoms with Crippen LogP contribution in [0.25, 0.3) is 0 Å². The van der Waals surface area contributed by atoms with E-state index in [0.29, 0.717) is 22.1 Å². The minimum atomic E-state index is -0.363. The number of hydrogen-bond acceptors (Lipinski definition) is 5. The first-order valence-corrected chi connectivity index (χ1v) is 10.5. The van der Waals surface area contributed by atoms with Gasteiger partial charge in [-0.1, -0.05) is 24.3 Å². The molecule has 1 unspecified atom stereocenters. The minimum Gasteiger partial charge on any atom is -0.469 e. The lowest BCUT2D eigenvalue weighted by atomic mass is 9.77. The molecule has 150 valence electrons. The van der Waals surface area contributed by atoms with E-state index < -0.39 is 0 Å². The van der Waals surface area contributed by atoms with Crippen molar-refractivity contribution < 1.29 is 14.0 Å². The van der Waals surface area contributed by atoms with Crippen LogP contribution in [0.1, 0.15) is 52.7 Å². The number of fused-ring (bicyclic) bond motifs is 1. The molecule has 3 aromatic rings. The summed E-state index contributed by atoms with van der Waals surface area (Å²) in [7, 11) is 0. The molecule has 1 aliphatic carbocycles. The lowest BCUT2D eigenvalue weighted by Crippen LogP contribution is -2.46. The predicted molar refractivity (Wildman–Crippen MR) is 112 cm³/mol. The van der Waals surface area contributed by atoms with E-state index in [1.165, 1.54) is 28.7 Å². The Morgan fingerprint density at radius 2 is 2.10 bits per heavy atom. The molecule has 1 aromatic carbocycles. The number of aromatic nitrogens is 1. The van der Waals surface area contributed by atoms with Gasteiger partial charge in [0.15, 0.2) is 5.13 Å². The Bertz CT molecular complexity index is 1060. The van der Waals surface area contributed by atoms with Crippen molar-refractivity contribution in [1.82, 2.24) is 10.3 Å². The summed E-state index contributed by atoms with van der Waals surface area (Å²) in [5.74, 6) is 0.214. The summed E-state index contributed by atoms with van der Waals surface area (Å²) in [5.41, 5.74) is 3.25. The third kappa shape index (κ3) is 4.10. The van der Waals surface area contributed by atoms with Crippen LogP contribution < -0.4 is 10.6 Å². The lowest BCUT2D eigenvalue weighted by molar-refractivity contribution is -0.122. The van der Waals surface area contributed by atoms with Crippen molar-refractivity contribution in [3.05, 3.63) is 70.1 Å². The van der Waals surface area contributed by atoms with E-state index in [9.17, 15) is 9.59 Å². The zero-order valence-corrected chi connectivity index (χ0v) is 17.3. The summed E-state index contributed by atoms with van der Waals surface area (Å²) in [4.78, 5) is 29.4. The molecule has 0 radical (unpaired) electrons. The van der Waals surface area contributed by atoms with Crippen molar-refractivity contribution in [2.75, 3.05) is 5.32 Å². The van der Waals surface area contributed by atoms with Crippen LogP contribution in [0.5, 0.6) is 0 Å². The van der Waals surface area contributed by atoms with Gasteiger partial charge in [0.2, 0.25) is 5.91 Å². The minimum absolute atomic E-state index is 0.0712. The Labute approximate surface area is 173 Å². The number of carbonyl (C=O) groups is 2. The number of anilines is 1. The standard InChI is InChI=1S/C22H23N3O3S/c1-14-17(9-11-28-14)20(27)24-21-23-16(13-29-21)12-19(26)25-22(2)10-5-7-15-6-3-4-8-18(15)22/h3-4,6,8-9,11,13H,5,7,10,12H2,1-2H3,(H,25,26)(H,23,24,27). The summed E-state index contributed by atoms with van der Waals surface area (Å²) < 4.78 is 5.16. The number of furan rings is 1. The molecule has 2 aromatic heterocycles. The second kappa shape index (κ2) is 7.83. The number of thiazole rings is 1. The number of benzene rings is 1. The Morgan fingerprint density at radius 3 is 2.90 bits per heavy atom. The maximum atomic E-state index is 12.7. The average molecular weight is 410 g/mol. The molecule has 0 aliphatic heterocycles. The molecule has 2 N–H and O–H groups in total. The number of rotatable bonds is 5. The zero-order valence-electron chi connectivity index (χ0n) is 16.5. The molecule has 1 aliphatic rings. The number of aryl methyl sites for hydroxylation is 2. The average Bonchev–Trinajstić information content (AvgIpc) is 3.30. The van der Waals surface area contributed by atoms with Crippen LogP contribution in [-0.2, 0) is 23.2 Å². The quantitative estimate of drug-likeness (QED) is 0.661. The summed E-state index contributed by atoms with van der Waals surface area (Å²) in [5, 5.41) is 8.23. The third-order valence-electron chi connectivity index (χ3n) is 5.37. The van der Waals surface area contributed by atoms with Gasteiger partial charge in [-0.3, -0.25) is 14.9 Å². The molecule has 2 amide bonds. The Hall–Kier alpha value is -2.93. The van der Waals surface area contributed by atoms with Crippen molar-refractivity contribution in [3.8, 4) is 0 Å². The molecule has 1 atom stereocenters. The van der Waals surface area contributed by atoms with Gasteiger partial charge in [-0.05, 0) is 50.3 Å². The molecule has 2 heterocycles. The van der Waals surface area contributed by atoms with Gasteiger partial charge in [0.25, 0.3) is 5.91 Å². The SMILES string of the molecule is Cc1occc1C(=O)Nc1nc(CC(=O)NC2(C)CCCc3ccccc32)cs1. The number of carbonyl (C=O) groups excluding carboxylic acids is 2. The van der Waals surface area contributed by atoms with Gasteiger partial charge >= 0.3 is 0 Å². The van der Waals surface area contributed by atoms with Crippen LogP contribution in [0.4, 0.5) is 5.13 Å². The Kier molecular flexibility index (Phi) is 5.24. The molecule has 29 heavy (non-hydrogen) atoms. The number of nitrogens with one attached hydrogen (secondary N) is 2. The van der Waals surface area contributed by atoms with Crippen LogP contribution in [0.3, 0.4) is 0 Å². The highest BCUT2D eigenvalue weighted by Gasteiger charge is 2.33. The molecule has 0 saturated carbocycles. The third-order valence-corrected chi connectivity index (χ3v) is 6.17. The van der Waals surface area contributed by atoms with Crippen molar-refractivity contribution in [2.45, 2.75) is 45.1 Å². The maximum absolute atomic E-state index is 12.7. The van der Waals surface area contributed by atoms with E-state index in [4.69, 9.17) is 4.42 Å². The number of amides is 2. The highest BCUT2D eigenvalue weighted by atomic mass is 32.1. The van der Waals surface area contributed by atoms with E-state index in [2.05, 4.69) is 34.7 Å². The molecule has 0 bridgehead atoms. The van der Waals surface area contributed by atoms with Gasteiger partial charge in [-0.2, -0.15) is 0 Å². The second-order valence-corrected chi connectivity index (χ2v) is 8.41. The van der Waals surface area contributed by atoms with Crippen LogP contribution in [0.2, 0.25) is 0 Å². The first-order chi connectivity index (χ1) is 13.9. The highest BCUT2D eigenvalue weighted by Crippen LogP contribution is 2.35. The monoisotopic (exact) mass is 409 g/mol. The molecule has 6 nitrogen and oxygen atoms in total. The van der Waals surface area contributed by atoms with E-state index >= 15 is 0 Å². The van der Waals surface area contributed by atoms with Gasteiger partial charge in [-0.25, -0.2) is 4.98 Å². The van der Waals surface area contributed by atoms with Crippen LogP contribution in [0.15, 0.2) is 46.4 Å². The Balaban J connectivity index is 1.40. The summed E-state index contributed by atoms with van der Waals surface area (Å²) in [6.45, 7) is 3.82. The molecule has 0 fully saturated rings. The Morgan fingerprint density at radius 1 is 1.28 bits per heavy atom. The molecular formula is C22H23N3O3S. The van der Waals surface area contributed by atoms with Crippen molar-refractivity contribution in [2.24, 2.45) is 0 Å². The predicted octanol–water partition coefficient (Wildman–Crippen LogP) is 4.21. The largest absolute Gasteiger partial charge is 0.469 e. The fourth-order valence-corrected chi connectivity index (χ4v) is 4.63. The van der Waals surface area contributed by atoms with Crippen LogP contribution in [-0.4, -0.2) is 16.8 Å². The van der Waals surface area contributed by atoms with Crippen molar-refractivity contribution in [1.29, 1.82) is 0 Å². The number of hydrogen-bond donors (Lipinski definition) is 2. The second-order valence-electron chi connectivity index (χ2n) is 7.56. The molecule has 0 saturated heterocycles. The smallest absolute Gasteiger partial charge is 0.260 e. The zero-order chi connectivity index (χ0) is 20.4. The van der Waals surface area contributed by atoms with Gasteiger partial charge in [0.05, 0.1) is 29.5 Å². The summed E-state index contributed by atoms with van der Waals surface area (Å²) >= 11 is 1.30. The van der Waals surface area contributed by atoms with Crippen molar-refractivity contribution in [3.63, 3.8) is 0 Å². The van der Waals surface area contributed by atoms with Gasteiger partial charge in [0, 0.05) is 5.38 Å². The van der Waals surface area contributed by atoms with Gasteiger partial charge in [0.1, 0.15) is 5.76 Å². The fourth-order valence-electron chi connectivity index (χ4n) is 3.92. The van der Waals surface area contributed by atoms with E-state index in [-0.39, 0.29) is 23.8 Å². The van der Waals surface area contributed by atoms with Crippen LogP contribution in [0, 0.1) is 6.92 Å². The van der Waals surface area contributed by atoms with E-state index in [1.54, 1.807) is 18.4 Å². The normalized spacial score (nSPS) is 18.1. The summed E-state index contributed by atoms with van der Waals surface area (Å²) in [6.07, 6.45) is 4.67. The fraction of sp³-hybridized carbons (Fsp3) is 0.318. The molecular weight excluding hydrogens is 386 g/mol. The number of nitrogens with zero attached hydrogens (tertiary/aromatic N) is 1. The first-order valence-electron chi connectivity index (χ1n) is 9.64. The highest BCUT2D eigenvalue weighted by molar-refractivity contribution is 7.14. The molecule has 7 heteroatoms. The molecule has 4 rings (SSSR count). The molecule has 0 spiro atoms. The van der Waals surface area contributed by atoms with Gasteiger partial charge in [-0.15, -0.1) is 11.3 Å². The van der Waals surface area contributed by atoms with Gasteiger partial charge < -0.3 is 9.73 Å².